The molecule has 0 spiro atoms. The van der Waals surface area contributed by atoms with Crippen LogP contribution in [-0.2, 0) is 11.4 Å². The smallest absolute Gasteiger partial charge is 0.246 e. The lowest BCUT2D eigenvalue weighted by Gasteiger charge is -2.35. The van der Waals surface area contributed by atoms with Gasteiger partial charge in [-0.3, -0.25) is 4.79 Å². The standard InChI is InChI=1S/C25H27N3O2S/c1-19-4-3-5-23(16-19)27-12-14-28(15-13-27)25(29)11-8-21-6-9-24(10-7-21)30-17-22-18-31-20(2)26-22/h3-11,16,18H,12-15,17H2,1-2H3/b11-8+. The molecule has 1 aliphatic rings. The summed E-state index contributed by atoms with van der Waals surface area (Å²) in [5.74, 6) is 0.851. The monoisotopic (exact) mass is 433 g/mol. The Kier molecular flexibility index (Phi) is 6.67. The molecule has 0 saturated carbocycles. The minimum Gasteiger partial charge on any atom is -0.487 e. The van der Waals surface area contributed by atoms with Crippen molar-refractivity contribution in [1.29, 1.82) is 0 Å². The van der Waals surface area contributed by atoms with Crippen molar-refractivity contribution < 1.29 is 9.53 Å². The summed E-state index contributed by atoms with van der Waals surface area (Å²) in [6, 6.07) is 16.3. The molecule has 0 unspecified atom stereocenters. The normalized spacial score (nSPS) is 14.3. The molecule has 2 aromatic carbocycles. The van der Waals surface area contributed by atoms with Gasteiger partial charge >= 0.3 is 0 Å². The highest BCUT2D eigenvalue weighted by Gasteiger charge is 2.19. The van der Waals surface area contributed by atoms with Crippen LogP contribution in [0.15, 0.2) is 60.0 Å². The fourth-order valence-corrected chi connectivity index (χ4v) is 4.19. The minimum atomic E-state index is 0.0584. The van der Waals surface area contributed by atoms with Gasteiger partial charge in [0.2, 0.25) is 5.91 Å². The van der Waals surface area contributed by atoms with E-state index in [0.29, 0.717) is 6.61 Å². The van der Waals surface area contributed by atoms with Gasteiger partial charge in [-0.15, -0.1) is 11.3 Å². The molecule has 6 heteroatoms. The Morgan fingerprint density at radius 1 is 1.10 bits per heavy atom. The zero-order chi connectivity index (χ0) is 21.6. The second-order valence-corrected chi connectivity index (χ2v) is 8.76. The molecule has 2 heterocycles. The summed E-state index contributed by atoms with van der Waals surface area (Å²) < 4.78 is 5.78. The number of aromatic nitrogens is 1. The average Bonchev–Trinajstić information content (AvgIpc) is 3.22. The number of hydrogen-bond acceptors (Lipinski definition) is 5. The molecule has 0 bridgehead atoms. The van der Waals surface area contributed by atoms with Gasteiger partial charge in [-0.25, -0.2) is 4.98 Å². The van der Waals surface area contributed by atoms with E-state index in [1.165, 1.54) is 11.3 Å². The summed E-state index contributed by atoms with van der Waals surface area (Å²) >= 11 is 1.62. The van der Waals surface area contributed by atoms with E-state index in [-0.39, 0.29) is 5.91 Å². The molecule has 5 nitrogen and oxygen atoms in total. The van der Waals surface area contributed by atoms with Gasteiger partial charge in [0.1, 0.15) is 12.4 Å². The lowest BCUT2D eigenvalue weighted by molar-refractivity contribution is -0.126. The Bertz CT molecular complexity index is 1050. The molecule has 1 aromatic heterocycles. The van der Waals surface area contributed by atoms with Crippen LogP contribution in [0.2, 0.25) is 0 Å². The van der Waals surface area contributed by atoms with Crippen LogP contribution in [0, 0.1) is 13.8 Å². The number of nitrogens with zero attached hydrogens (tertiary/aromatic N) is 3. The van der Waals surface area contributed by atoms with Crippen molar-refractivity contribution in [2.75, 3.05) is 31.1 Å². The molecule has 4 rings (SSSR count). The molecule has 1 saturated heterocycles. The molecular formula is C25H27N3O2S. The number of thiazole rings is 1. The maximum absolute atomic E-state index is 12.6. The summed E-state index contributed by atoms with van der Waals surface area (Å²) in [5, 5.41) is 3.05. The molecule has 31 heavy (non-hydrogen) atoms. The molecule has 0 N–H and O–H groups in total. The van der Waals surface area contributed by atoms with Gasteiger partial charge in [0, 0.05) is 43.3 Å². The zero-order valence-electron chi connectivity index (χ0n) is 18.0. The van der Waals surface area contributed by atoms with Crippen molar-refractivity contribution >= 4 is 29.0 Å². The van der Waals surface area contributed by atoms with E-state index in [1.54, 1.807) is 17.4 Å². The van der Waals surface area contributed by atoms with Crippen LogP contribution in [0.5, 0.6) is 5.75 Å². The van der Waals surface area contributed by atoms with Crippen molar-refractivity contribution in [2.24, 2.45) is 0 Å². The van der Waals surface area contributed by atoms with Crippen molar-refractivity contribution in [2.45, 2.75) is 20.5 Å². The third-order valence-corrected chi connectivity index (χ3v) is 6.13. The average molecular weight is 434 g/mol. The maximum Gasteiger partial charge on any atom is 0.246 e. The van der Waals surface area contributed by atoms with Gasteiger partial charge in [-0.05, 0) is 55.3 Å². The molecule has 0 atom stereocenters. The maximum atomic E-state index is 12.6. The van der Waals surface area contributed by atoms with Gasteiger partial charge < -0.3 is 14.5 Å². The van der Waals surface area contributed by atoms with Gasteiger partial charge in [0.25, 0.3) is 0 Å². The Morgan fingerprint density at radius 3 is 2.55 bits per heavy atom. The largest absolute Gasteiger partial charge is 0.487 e. The number of hydrogen-bond donors (Lipinski definition) is 0. The summed E-state index contributed by atoms with van der Waals surface area (Å²) in [6.07, 6.45) is 3.53. The van der Waals surface area contributed by atoms with Crippen LogP contribution in [0.1, 0.15) is 21.8 Å². The first-order valence-electron chi connectivity index (χ1n) is 10.5. The fraction of sp³-hybridized carbons (Fsp3) is 0.280. The van der Waals surface area contributed by atoms with Crippen LogP contribution in [0.25, 0.3) is 6.08 Å². The number of ether oxygens (including phenoxy) is 1. The van der Waals surface area contributed by atoms with Crippen LogP contribution in [0.3, 0.4) is 0 Å². The van der Waals surface area contributed by atoms with Crippen molar-refractivity contribution in [3.63, 3.8) is 0 Å². The summed E-state index contributed by atoms with van der Waals surface area (Å²) in [6.45, 7) is 7.74. The summed E-state index contributed by atoms with van der Waals surface area (Å²) in [5.41, 5.74) is 4.41. The third kappa shape index (κ3) is 5.73. The van der Waals surface area contributed by atoms with E-state index in [1.807, 2.05) is 47.5 Å². The van der Waals surface area contributed by atoms with Crippen LogP contribution < -0.4 is 9.64 Å². The predicted molar refractivity (Wildman–Crippen MR) is 127 cm³/mol. The number of aryl methyl sites for hydroxylation is 2. The van der Waals surface area contributed by atoms with Gasteiger partial charge in [-0.1, -0.05) is 24.3 Å². The van der Waals surface area contributed by atoms with Crippen molar-refractivity contribution in [1.82, 2.24) is 9.88 Å². The topological polar surface area (TPSA) is 45.7 Å². The first kappa shape index (κ1) is 21.1. The number of carbonyl (C=O) groups is 1. The van der Waals surface area contributed by atoms with E-state index < -0.39 is 0 Å². The Morgan fingerprint density at radius 2 is 1.87 bits per heavy atom. The van der Waals surface area contributed by atoms with E-state index in [0.717, 1.165) is 48.2 Å². The zero-order valence-corrected chi connectivity index (χ0v) is 18.8. The highest BCUT2D eigenvalue weighted by molar-refractivity contribution is 7.09. The molecule has 160 valence electrons. The van der Waals surface area contributed by atoms with Gasteiger partial charge in [-0.2, -0.15) is 0 Å². The number of amides is 1. The van der Waals surface area contributed by atoms with E-state index in [2.05, 4.69) is 41.1 Å². The molecule has 0 radical (unpaired) electrons. The van der Waals surface area contributed by atoms with Crippen molar-refractivity contribution in [3.8, 4) is 5.75 Å². The molecule has 0 aliphatic carbocycles. The predicted octanol–water partition coefficient (Wildman–Crippen LogP) is 4.70. The Labute approximate surface area is 187 Å². The minimum absolute atomic E-state index is 0.0584. The summed E-state index contributed by atoms with van der Waals surface area (Å²) in [7, 11) is 0. The molecule has 1 aliphatic heterocycles. The Balaban J connectivity index is 1.26. The van der Waals surface area contributed by atoms with Gasteiger partial charge in [0.05, 0.1) is 10.7 Å². The molecule has 1 amide bonds. The van der Waals surface area contributed by atoms with Crippen molar-refractivity contribution in [3.05, 3.63) is 81.8 Å². The van der Waals surface area contributed by atoms with E-state index in [4.69, 9.17) is 4.74 Å². The SMILES string of the molecule is Cc1cccc(N2CCN(C(=O)/C=C/c3ccc(OCc4csc(C)n4)cc3)CC2)c1. The summed E-state index contributed by atoms with van der Waals surface area (Å²) in [4.78, 5) is 21.2. The number of carbonyl (C=O) groups excluding carboxylic acids is 1. The Hall–Kier alpha value is -3.12. The fourth-order valence-electron chi connectivity index (χ4n) is 3.59. The quantitative estimate of drug-likeness (QED) is 0.529. The third-order valence-electron chi connectivity index (χ3n) is 5.31. The number of rotatable bonds is 6. The molecule has 1 fully saturated rings. The highest BCUT2D eigenvalue weighted by atomic mass is 32.1. The lowest BCUT2D eigenvalue weighted by atomic mass is 10.2. The molecular weight excluding hydrogens is 406 g/mol. The van der Waals surface area contributed by atoms with Crippen LogP contribution in [0.4, 0.5) is 5.69 Å². The van der Waals surface area contributed by atoms with Gasteiger partial charge in [0.15, 0.2) is 0 Å². The molecule has 3 aromatic rings. The first-order chi connectivity index (χ1) is 15.1. The second kappa shape index (κ2) is 9.79. The van der Waals surface area contributed by atoms with E-state index >= 15 is 0 Å². The second-order valence-electron chi connectivity index (χ2n) is 7.70. The number of benzene rings is 2. The lowest BCUT2D eigenvalue weighted by Crippen LogP contribution is -2.48. The first-order valence-corrected chi connectivity index (χ1v) is 11.4. The number of anilines is 1. The highest BCUT2D eigenvalue weighted by Crippen LogP contribution is 2.19. The van der Waals surface area contributed by atoms with Crippen LogP contribution >= 0.6 is 11.3 Å². The van der Waals surface area contributed by atoms with Crippen LogP contribution in [-0.4, -0.2) is 42.0 Å². The van der Waals surface area contributed by atoms with E-state index in [9.17, 15) is 4.79 Å². The number of piperazine rings is 1.